The van der Waals surface area contributed by atoms with E-state index in [1.807, 2.05) is 30.3 Å². The average molecular weight is 422 g/mol. The van der Waals surface area contributed by atoms with Gasteiger partial charge in [0.25, 0.3) is 0 Å². The topological polar surface area (TPSA) is 142 Å². The first-order chi connectivity index (χ1) is 13.8. The summed E-state index contributed by atoms with van der Waals surface area (Å²) >= 11 is 0. The molecule has 2 aliphatic heterocycles. The summed E-state index contributed by atoms with van der Waals surface area (Å²) in [6, 6.07) is 7.62. The van der Waals surface area contributed by atoms with Gasteiger partial charge in [0.05, 0.1) is 13.7 Å². The summed E-state index contributed by atoms with van der Waals surface area (Å²) in [5.41, 5.74) is 0.0263. The van der Waals surface area contributed by atoms with Crippen molar-refractivity contribution in [2.75, 3.05) is 13.7 Å². The van der Waals surface area contributed by atoms with E-state index in [-0.39, 0.29) is 18.7 Å². The number of carbonyl (C=O) groups is 2. The van der Waals surface area contributed by atoms with E-state index in [2.05, 4.69) is 14.5 Å². The number of amides is 2. The van der Waals surface area contributed by atoms with Crippen molar-refractivity contribution in [3.8, 4) is 0 Å². The van der Waals surface area contributed by atoms with Crippen LogP contribution >= 0.6 is 0 Å². The molecule has 2 aliphatic rings. The summed E-state index contributed by atoms with van der Waals surface area (Å²) in [7, 11) is -3.75. The molecular formula is C17H18N4O7S. The van der Waals surface area contributed by atoms with Gasteiger partial charge >= 0.3 is 22.4 Å². The van der Waals surface area contributed by atoms with E-state index < -0.39 is 34.0 Å². The van der Waals surface area contributed by atoms with Crippen molar-refractivity contribution in [3.05, 3.63) is 53.3 Å². The number of rotatable bonds is 6. The van der Waals surface area contributed by atoms with Crippen LogP contribution in [0.2, 0.25) is 0 Å². The van der Waals surface area contributed by atoms with Crippen LogP contribution in [-0.2, 0) is 36.2 Å². The van der Waals surface area contributed by atoms with Crippen molar-refractivity contribution in [1.29, 1.82) is 0 Å². The Balaban J connectivity index is 1.80. The van der Waals surface area contributed by atoms with E-state index in [0.29, 0.717) is 17.0 Å². The van der Waals surface area contributed by atoms with Crippen LogP contribution < -0.4 is 0 Å². The number of nitrogens with one attached hydrogen (secondary N) is 1. The zero-order valence-corrected chi connectivity index (χ0v) is 16.1. The number of aromatic nitrogens is 2. The first-order valence-electron chi connectivity index (χ1n) is 8.72. The van der Waals surface area contributed by atoms with Gasteiger partial charge in [-0.15, -0.1) is 4.28 Å². The molecule has 1 saturated heterocycles. The fraction of sp³-hybridized carbons (Fsp3) is 0.353. The molecule has 2 amide bonds. The number of benzene rings is 1. The standard InChI is InChI=1S/C17H18N4O7S/c1-27-15(22)17(8-7-11-5-3-2-4-6-11)14-12(9-18-19-14)13-10-20(17)16(23)21(13)28-29(24,25)26/h2-6,9,13H,7-8,10H2,1H3,(H,18,19)(H,24,25,26)/t13-,17?/m1/s1. The molecule has 0 saturated carbocycles. The Morgan fingerprint density at radius 2 is 2.10 bits per heavy atom. The number of hydrogen-bond acceptors (Lipinski definition) is 7. The van der Waals surface area contributed by atoms with Crippen molar-refractivity contribution in [3.63, 3.8) is 0 Å². The third kappa shape index (κ3) is 3.05. The molecule has 1 aromatic heterocycles. The third-order valence-electron chi connectivity index (χ3n) is 5.26. The zero-order valence-electron chi connectivity index (χ0n) is 15.3. The molecule has 1 aromatic carbocycles. The lowest BCUT2D eigenvalue weighted by atomic mass is 9.80. The van der Waals surface area contributed by atoms with Crippen LogP contribution in [0.15, 0.2) is 36.5 Å². The van der Waals surface area contributed by atoms with E-state index >= 15 is 0 Å². The summed E-state index contributed by atoms with van der Waals surface area (Å²) in [6.45, 7) is -0.0369. The minimum absolute atomic E-state index is 0.0369. The monoisotopic (exact) mass is 422 g/mol. The van der Waals surface area contributed by atoms with Gasteiger partial charge in [-0.05, 0) is 18.4 Å². The lowest BCUT2D eigenvalue weighted by molar-refractivity contribution is -0.155. The largest absolute Gasteiger partial charge is 0.467 e. The third-order valence-corrected chi connectivity index (χ3v) is 5.60. The van der Waals surface area contributed by atoms with E-state index in [4.69, 9.17) is 9.29 Å². The second kappa shape index (κ2) is 6.83. The number of fused-ring (bicyclic) bond motifs is 4. The quantitative estimate of drug-likeness (QED) is 0.517. The van der Waals surface area contributed by atoms with Gasteiger partial charge in [0.2, 0.25) is 0 Å². The normalized spacial score (nSPS) is 23.2. The van der Waals surface area contributed by atoms with Gasteiger partial charge in [0, 0.05) is 11.8 Å². The van der Waals surface area contributed by atoms with Crippen molar-refractivity contribution in [2.45, 2.75) is 24.4 Å². The first kappa shape index (κ1) is 19.4. The van der Waals surface area contributed by atoms with E-state index in [9.17, 15) is 18.0 Å². The first-order valence-corrected chi connectivity index (χ1v) is 10.1. The molecule has 11 nitrogen and oxygen atoms in total. The number of nitrogens with zero attached hydrogens (tertiary/aromatic N) is 3. The average Bonchev–Trinajstić information content (AvgIpc) is 3.28. The van der Waals surface area contributed by atoms with Crippen LogP contribution in [0, 0.1) is 0 Å². The van der Waals surface area contributed by atoms with Crippen LogP contribution in [0.4, 0.5) is 4.79 Å². The Kier molecular flexibility index (Phi) is 4.56. The number of ether oxygens (including phenoxy) is 1. The molecule has 1 fully saturated rings. The van der Waals surface area contributed by atoms with Crippen LogP contribution in [0.25, 0.3) is 0 Å². The SMILES string of the molecule is COC(=O)C1(CCc2ccccc2)c2n[nH]cc2[C@H]2CN1C(=O)N2OS(=O)(=O)O. The maximum atomic E-state index is 13.0. The van der Waals surface area contributed by atoms with Gasteiger partial charge in [0.15, 0.2) is 5.54 Å². The number of aromatic amines is 1. The number of esters is 1. The highest BCUT2D eigenvalue weighted by molar-refractivity contribution is 7.80. The number of hydrogen-bond donors (Lipinski definition) is 2. The lowest BCUT2D eigenvalue weighted by Crippen LogP contribution is -2.56. The molecule has 2 bridgehead atoms. The van der Waals surface area contributed by atoms with Crippen LogP contribution in [0.3, 0.4) is 0 Å². The molecule has 2 N–H and O–H groups in total. The van der Waals surface area contributed by atoms with E-state index in [0.717, 1.165) is 5.56 Å². The zero-order chi connectivity index (χ0) is 20.8. The smallest absolute Gasteiger partial charge is 0.418 e. The molecule has 0 spiro atoms. The number of H-pyrrole nitrogens is 1. The molecule has 0 radical (unpaired) electrons. The van der Waals surface area contributed by atoms with Crippen LogP contribution in [0.5, 0.6) is 0 Å². The molecule has 0 aliphatic carbocycles. The van der Waals surface area contributed by atoms with Gasteiger partial charge in [0.1, 0.15) is 11.7 Å². The van der Waals surface area contributed by atoms with Gasteiger partial charge < -0.3 is 4.74 Å². The number of aryl methyl sites for hydroxylation is 1. The van der Waals surface area contributed by atoms with E-state index in [1.54, 1.807) is 0 Å². The number of carbonyl (C=O) groups excluding carboxylic acids is 2. The maximum absolute atomic E-state index is 13.0. The molecule has 3 heterocycles. The molecule has 1 unspecified atom stereocenters. The molecule has 12 heteroatoms. The molecule has 2 atom stereocenters. The minimum atomic E-state index is -4.95. The highest BCUT2D eigenvalue weighted by Crippen LogP contribution is 2.49. The highest BCUT2D eigenvalue weighted by Gasteiger charge is 2.62. The van der Waals surface area contributed by atoms with Gasteiger partial charge in [-0.3, -0.25) is 14.6 Å². The predicted molar refractivity (Wildman–Crippen MR) is 96.4 cm³/mol. The van der Waals surface area contributed by atoms with E-state index in [1.165, 1.54) is 18.2 Å². The Bertz CT molecular complexity index is 1050. The summed E-state index contributed by atoms with van der Waals surface area (Å²) in [6.07, 6.45) is 2.05. The Morgan fingerprint density at radius 3 is 2.76 bits per heavy atom. The highest BCUT2D eigenvalue weighted by atomic mass is 32.3. The van der Waals surface area contributed by atoms with Gasteiger partial charge in [-0.25, -0.2) is 9.59 Å². The van der Waals surface area contributed by atoms with Crippen molar-refractivity contribution in [1.82, 2.24) is 20.2 Å². The Labute approximate surface area is 166 Å². The van der Waals surface area contributed by atoms with Crippen molar-refractivity contribution >= 4 is 22.4 Å². The second-order valence-corrected chi connectivity index (χ2v) is 7.77. The number of hydroxylamine groups is 2. The number of methoxy groups -OCH3 is 1. The molecule has 154 valence electrons. The maximum Gasteiger partial charge on any atom is 0.418 e. The van der Waals surface area contributed by atoms with Crippen molar-refractivity contribution in [2.24, 2.45) is 0 Å². The summed E-state index contributed by atoms with van der Waals surface area (Å²) in [5, 5.41) is 7.39. The van der Waals surface area contributed by atoms with Crippen LogP contribution in [-0.4, -0.2) is 58.8 Å². The summed E-state index contributed by atoms with van der Waals surface area (Å²) < 4.78 is 41.1. The predicted octanol–water partition coefficient (Wildman–Crippen LogP) is 0.938. The fourth-order valence-corrected chi connectivity index (χ4v) is 4.39. The molecular weight excluding hydrogens is 404 g/mol. The summed E-state index contributed by atoms with van der Waals surface area (Å²) in [5.74, 6) is -0.706. The Morgan fingerprint density at radius 1 is 1.38 bits per heavy atom. The lowest BCUT2D eigenvalue weighted by Gasteiger charge is -2.40. The molecule has 4 rings (SSSR count). The molecule has 29 heavy (non-hydrogen) atoms. The molecule has 2 aromatic rings. The number of urea groups is 1. The second-order valence-electron chi connectivity index (χ2n) is 6.76. The van der Waals surface area contributed by atoms with Gasteiger partial charge in [-0.1, -0.05) is 30.3 Å². The minimum Gasteiger partial charge on any atom is -0.467 e. The van der Waals surface area contributed by atoms with Gasteiger partial charge in [-0.2, -0.15) is 18.6 Å². The summed E-state index contributed by atoms with van der Waals surface area (Å²) in [4.78, 5) is 27.2. The Hall–Kier alpha value is -2.96. The van der Waals surface area contributed by atoms with Crippen LogP contribution in [0.1, 0.15) is 29.3 Å². The fourth-order valence-electron chi connectivity index (χ4n) is 4.02. The van der Waals surface area contributed by atoms with Crippen molar-refractivity contribution < 1.29 is 31.6 Å².